The van der Waals surface area contributed by atoms with E-state index in [0.717, 1.165) is 5.56 Å². The van der Waals surface area contributed by atoms with Crippen molar-refractivity contribution < 1.29 is 14.8 Å². The van der Waals surface area contributed by atoms with Crippen molar-refractivity contribution in [3.63, 3.8) is 0 Å². The molecule has 0 radical (unpaired) electrons. The number of carboxylic acid groups (broad SMARTS) is 1. The lowest BCUT2D eigenvalue weighted by atomic mass is 10.2. The van der Waals surface area contributed by atoms with Crippen LogP contribution in [0.1, 0.15) is 21.1 Å². The number of nitro groups is 1. The molecule has 0 unspecified atom stereocenters. The van der Waals surface area contributed by atoms with Gasteiger partial charge in [0.2, 0.25) is 0 Å². The van der Waals surface area contributed by atoms with E-state index in [2.05, 4.69) is 10.3 Å². The van der Waals surface area contributed by atoms with E-state index in [0.29, 0.717) is 23.7 Å². The molecule has 0 amide bonds. The molecule has 8 heteroatoms. The van der Waals surface area contributed by atoms with Crippen LogP contribution in [0.15, 0.2) is 23.6 Å². The van der Waals surface area contributed by atoms with E-state index in [9.17, 15) is 14.9 Å². The summed E-state index contributed by atoms with van der Waals surface area (Å²) in [7, 11) is 0. The number of aryl methyl sites for hydroxylation is 1. The number of benzene rings is 1. The Labute approximate surface area is 124 Å². The van der Waals surface area contributed by atoms with E-state index in [-0.39, 0.29) is 11.4 Å². The van der Waals surface area contributed by atoms with Crippen LogP contribution in [0.25, 0.3) is 0 Å². The maximum atomic E-state index is 10.7. The van der Waals surface area contributed by atoms with Crippen molar-refractivity contribution in [2.75, 3.05) is 11.9 Å². The van der Waals surface area contributed by atoms with Crippen LogP contribution in [-0.4, -0.2) is 27.5 Å². The van der Waals surface area contributed by atoms with Crippen molar-refractivity contribution in [1.29, 1.82) is 0 Å². The molecule has 21 heavy (non-hydrogen) atoms. The predicted molar refractivity (Wildman–Crippen MR) is 79.1 cm³/mol. The molecule has 2 rings (SSSR count). The molecular formula is C13H13N3O4S. The zero-order valence-corrected chi connectivity index (χ0v) is 12.0. The molecule has 0 aliphatic heterocycles. The Hall–Kier alpha value is -2.48. The molecule has 1 aromatic carbocycles. The number of thiazole rings is 1. The largest absolute Gasteiger partial charge is 0.476 e. The van der Waals surface area contributed by atoms with Gasteiger partial charge in [0.15, 0.2) is 5.69 Å². The second-order valence-corrected chi connectivity index (χ2v) is 5.31. The molecule has 0 fully saturated rings. The fourth-order valence-electron chi connectivity index (χ4n) is 1.74. The highest BCUT2D eigenvalue weighted by Gasteiger charge is 2.10. The number of anilines is 1. The number of aromatic nitrogens is 1. The molecule has 0 aliphatic carbocycles. The molecular weight excluding hydrogens is 294 g/mol. The predicted octanol–water partition coefficient (Wildman–Crippen LogP) is 2.71. The maximum absolute atomic E-state index is 10.7. The monoisotopic (exact) mass is 307 g/mol. The highest BCUT2D eigenvalue weighted by Crippen LogP contribution is 2.22. The zero-order valence-electron chi connectivity index (χ0n) is 11.2. The van der Waals surface area contributed by atoms with Crippen molar-refractivity contribution in [3.8, 4) is 0 Å². The van der Waals surface area contributed by atoms with Gasteiger partial charge in [-0.1, -0.05) is 6.07 Å². The van der Waals surface area contributed by atoms with Gasteiger partial charge in [0, 0.05) is 36.2 Å². The number of hydrogen-bond acceptors (Lipinski definition) is 6. The number of nitrogens with one attached hydrogen (secondary N) is 1. The van der Waals surface area contributed by atoms with Gasteiger partial charge in [-0.25, -0.2) is 9.78 Å². The fraction of sp³-hybridized carbons (Fsp3) is 0.231. The van der Waals surface area contributed by atoms with Crippen molar-refractivity contribution in [1.82, 2.24) is 4.98 Å². The Bertz CT molecular complexity index is 684. The first-order valence-electron chi connectivity index (χ1n) is 6.14. The Balaban J connectivity index is 1.98. The Morgan fingerprint density at radius 2 is 2.29 bits per heavy atom. The van der Waals surface area contributed by atoms with Crippen molar-refractivity contribution in [3.05, 3.63) is 50.0 Å². The number of nitro benzene ring substituents is 1. The summed E-state index contributed by atoms with van der Waals surface area (Å²) in [4.78, 5) is 25.0. The molecule has 0 atom stereocenters. The lowest BCUT2D eigenvalue weighted by Crippen LogP contribution is -2.07. The summed E-state index contributed by atoms with van der Waals surface area (Å²) in [6.07, 6.45) is 0.556. The molecule has 0 spiro atoms. The normalized spacial score (nSPS) is 10.3. The number of hydrogen-bond donors (Lipinski definition) is 2. The van der Waals surface area contributed by atoms with Crippen LogP contribution in [0.4, 0.5) is 11.4 Å². The van der Waals surface area contributed by atoms with Crippen LogP contribution in [0.5, 0.6) is 0 Å². The minimum absolute atomic E-state index is 0.0329. The number of carbonyl (C=O) groups is 1. The first-order valence-corrected chi connectivity index (χ1v) is 7.02. The molecule has 1 aromatic heterocycles. The Morgan fingerprint density at radius 3 is 2.90 bits per heavy atom. The van der Waals surface area contributed by atoms with E-state index in [1.54, 1.807) is 6.07 Å². The van der Waals surface area contributed by atoms with Gasteiger partial charge in [0.25, 0.3) is 5.69 Å². The second kappa shape index (κ2) is 6.31. The van der Waals surface area contributed by atoms with Crippen LogP contribution in [0, 0.1) is 17.0 Å². The smallest absolute Gasteiger partial charge is 0.355 e. The summed E-state index contributed by atoms with van der Waals surface area (Å²) in [5.74, 6) is -1.04. The number of non-ortho nitro benzene ring substituents is 1. The SMILES string of the molecule is Cc1ccc([N+](=O)[O-])cc1NCCc1nc(C(=O)O)cs1. The van der Waals surface area contributed by atoms with Crippen LogP contribution in [-0.2, 0) is 6.42 Å². The maximum Gasteiger partial charge on any atom is 0.355 e. The first-order chi connectivity index (χ1) is 9.97. The average molecular weight is 307 g/mol. The summed E-state index contributed by atoms with van der Waals surface area (Å²) in [5.41, 5.74) is 1.68. The van der Waals surface area contributed by atoms with Crippen LogP contribution < -0.4 is 5.32 Å². The molecule has 1 heterocycles. The molecule has 0 saturated carbocycles. The van der Waals surface area contributed by atoms with Gasteiger partial charge in [0.1, 0.15) is 0 Å². The van der Waals surface area contributed by atoms with Crippen LogP contribution in [0.2, 0.25) is 0 Å². The van der Waals surface area contributed by atoms with Crippen LogP contribution in [0.3, 0.4) is 0 Å². The number of carboxylic acids is 1. The second-order valence-electron chi connectivity index (χ2n) is 4.36. The number of rotatable bonds is 6. The van der Waals surface area contributed by atoms with Crippen molar-refractivity contribution in [2.24, 2.45) is 0 Å². The highest BCUT2D eigenvalue weighted by molar-refractivity contribution is 7.09. The molecule has 0 bridgehead atoms. The van der Waals surface area contributed by atoms with E-state index in [1.165, 1.54) is 28.8 Å². The van der Waals surface area contributed by atoms with E-state index >= 15 is 0 Å². The van der Waals surface area contributed by atoms with Crippen molar-refractivity contribution in [2.45, 2.75) is 13.3 Å². The van der Waals surface area contributed by atoms with Gasteiger partial charge in [-0.15, -0.1) is 11.3 Å². The standard InChI is InChI=1S/C13H13N3O4S/c1-8-2-3-9(16(19)20)6-10(8)14-5-4-12-15-11(7-21-12)13(17)18/h2-3,6-7,14H,4-5H2,1H3,(H,17,18). The van der Waals surface area contributed by atoms with Gasteiger partial charge < -0.3 is 10.4 Å². The molecule has 2 N–H and O–H groups in total. The summed E-state index contributed by atoms with van der Waals surface area (Å²) in [6.45, 7) is 2.38. The summed E-state index contributed by atoms with van der Waals surface area (Å²) < 4.78 is 0. The summed E-state index contributed by atoms with van der Waals surface area (Å²) in [5, 5.41) is 24.8. The topological polar surface area (TPSA) is 105 Å². The van der Waals surface area contributed by atoms with Gasteiger partial charge in [-0.2, -0.15) is 0 Å². The lowest BCUT2D eigenvalue weighted by Gasteiger charge is -2.08. The van der Waals surface area contributed by atoms with E-state index in [1.807, 2.05) is 6.92 Å². The molecule has 110 valence electrons. The first kappa shape index (κ1) is 14.9. The zero-order chi connectivity index (χ0) is 15.4. The summed E-state index contributed by atoms with van der Waals surface area (Å²) in [6, 6.07) is 4.63. The molecule has 0 saturated heterocycles. The van der Waals surface area contributed by atoms with Gasteiger partial charge in [-0.3, -0.25) is 10.1 Å². The number of aromatic carboxylic acids is 1. The van der Waals surface area contributed by atoms with Gasteiger partial charge in [0.05, 0.1) is 9.93 Å². The molecule has 0 aliphatic rings. The third kappa shape index (κ3) is 3.76. The van der Waals surface area contributed by atoms with Gasteiger partial charge in [-0.05, 0) is 12.5 Å². The minimum Gasteiger partial charge on any atom is -0.476 e. The quantitative estimate of drug-likeness (QED) is 0.628. The lowest BCUT2D eigenvalue weighted by molar-refractivity contribution is -0.384. The third-order valence-electron chi connectivity index (χ3n) is 2.86. The Morgan fingerprint density at radius 1 is 1.52 bits per heavy atom. The average Bonchev–Trinajstić information content (AvgIpc) is 2.89. The van der Waals surface area contributed by atoms with E-state index < -0.39 is 10.9 Å². The Kier molecular flexibility index (Phi) is 4.49. The fourth-order valence-corrected chi connectivity index (χ4v) is 2.51. The van der Waals surface area contributed by atoms with Gasteiger partial charge >= 0.3 is 5.97 Å². The summed E-state index contributed by atoms with van der Waals surface area (Å²) >= 11 is 1.29. The third-order valence-corrected chi connectivity index (χ3v) is 3.77. The number of nitrogens with zero attached hydrogens (tertiary/aromatic N) is 2. The van der Waals surface area contributed by atoms with E-state index in [4.69, 9.17) is 5.11 Å². The molecule has 2 aromatic rings. The minimum atomic E-state index is -1.04. The highest BCUT2D eigenvalue weighted by atomic mass is 32.1. The van der Waals surface area contributed by atoms with Crippen LogP contribution >= 0.6 is 11.3 Å². The van der Waals surface area contributed by atoms with Crippen molar-refractivity contribution >= 4 is 28.7 Å². The molecule has 7 nitrogen and oxygen atoms in total.